The quantitative estimate of drug-likeness (QED) is 0.825. The van der Waals surface area contributed by atoms with Crippen LogP contribution in [-0.2, 0) is 14.3 Å². The van der Waals surface area contributed by atoms with Crippen LogP contribution in [0.25, 0.3) is 11.1 Å². The van der Waals surface area contributed by atoms with Gasteiger partial charge in [0.15, 0.2) is 6.61 Å². The molecule has 0 saturated carbocycles. The second-order valence-electron chi connectivity index (χ2n) is 4.65. The van der Waals surface area contributed by atoms with Crippen molar-refractivity contribution in [2.24, 2.45) is 0 Å². The number of methoxy groups -OCH3 is 1. The summed E-state index contributed by atoms with van der Waals surface area (Å²) in [5.74, 6) is -0.554. The first-order valence-corrected chi connectivity index (χ1v) is 7.29. The lowest BCUT2D eigenvalue weighted by molar-refractivity contribution is -0.141. The van der Waals surface area contributed by atoms with Crippen LogP contribution in [0.3, 0.4) is 0 Å². The minimum absolute atomic E-state index is 0.195. The van der Waals surface area contributed by atoms with E-state index in [4.69, 9.17) is 16.3 Å². The predicted octanol–water partition coefficient (Wildman–Crippen LogP) is 2.68. The Bertz CT molecular complexity index is 688. The zero-order valence-corrected chi connectivity index (χ0v) is 13.3. The Morgan fingerprint density at radius 1 is 1.09 bits per heavy atom. The molecule has 2 rings (SSSR count). The highest BCUT2D eigenvalue weighted by atomic mass is 35.5. The zero-order valence-electron chi connectivity index (χ0n) is 12.5. The molecule has 2 aromatic rings. The van der Waals surface area contributed by atoms with Gasteiger partial charge >= 0.3 is 5.97 Å². The third-order valence-corrected chi connectivity index (χ3v) is 3.35. The van der Waals surface area contributed by atoms with E-state index in [-0.39, 0.29) is 13.2 Å². The summed E-state index contributed by atoms with van der Waals surface area (Å²) >= 11 is 6.18. The molecule has 0 fully saturated rings. The molecule has 0 unspecified atom stereocenters. The van der Waals surface area contributed by atoms with Gasteiger partial charge < -0.3 is 14.8 Å². The summed E-state index contributed by atoms with van der Waals surface area (Å²) in [4.78, 5) is 22.5. The van der Waals surface area contributed by atoms with Crippen molar-refractivity contribution < 1.29 is 19.1 Å². The summed E-state index contributed by atoms with van der Waals surface area (Å²) in [5, 5.41) is 2.79. The standard InChI is InChI=1S/C17H16ClNO4/c1-22-17(21)10-19-16(20)11-23-15-8-7-13(9-14(15)18)12-5-3-2-4-6-12/h2-9H,10-11H2,1H3,(H,19,20). The first kappa shape index (κ1) is 16.8. The van der Waals surface area contributed by atoms with Gasteiger partial charge in [0.2, 0.25) is 0 Å². The van der Waals surface area contributed by atoms with Crippen LogP contribution >= 0.6 is 11.6 Å². The molecule has 1 N–H and O–H groups in total. The van der Waals surface area contributed by atoms with Crippen LogP contribution in [0.1, 0.15) is 0 Å². The molecule has 1 amide bonds. The van der Waals surface area contributed by atoms with Gasteiger partial charge in [-0.2, -0.15) is 0 Å². The molecule has 2 aromatic carbocycles. The number of carbonyl (C=O) groups excluding carboxylic acids is 2. The summed E-state index contributed by atoms with van der Waals surface area (Å²) in [6, 6.07) is 15.1. The second kappa shape index (κ2) is 8.19. The van der Waals surface area contributed by atoms with E-state index in [1.807, 2.05) is 36.4 Å². The van der Waals surface area contributed by atoms with Crippen molar-refractivity contribution in [3.8, 4) is 16.9 Å². The SMILES string of the molecule is COC(=O)CNC(=O)COc1ccc(-c2ccccc2)cc1Cl. The topological polar surface area (TPSA) is 64.6 Å². The van der Waals surface area contributed by atoms with E-state index < -0.39 is 11.9 Å². The van der Waals surface area contributed by atoms with Crippen molar-refractivity contribution in [3.63, 3.8) is 0 Å². The Balaban J connectivity index is 1.94. The fourth-order valence-electron chi connectivity index (χ4n) is 1.87. The molecule has 6 heteroatoms. The van der Waals surface area contributed by atoms with Gasteiger partial charge in [0.25, 0.3) is 5.91 Å². The lowest BCUT2D eigenvalue weighted by atomic mass is 10.1. The van der Waals surface area contributed by atoms with Gasteiger partial charge in [-0.3, -0.25) is 9.59 Å². The highest BCUT2D eigenvalue weighted by Gasteiger charge is 2.09. The van der Waals surface area contributed by atoms with E-state index in [0.717, 1.165) is 11.1 Å². The summed E-state index contributed by atoms with van der Waals surface area (Å²) in [5.41, 5.74) is 2.00. The van der Waals surface area contributed by atoms with E-state index >= 15 is 0 Å². The van der Waals surface area contributed by atoms with Crippen molar-refractivity contribution >= 4 is 23.5 Å². The number of rotatable bonds is 6. The molecule has 0 aromatic heterocycles. The fraction of sp³-hybridized carbons (Fsp3) is 0.176. The number of halogens is 1. The molecule has 23 heavy (non-hydrogen) atoms. The Morgan fingerprint density at radius 3 is 2.48 bits per heavy atom. The van der Waals surface area contributed by atoms with Gasteiger partial charge in [-0.05, 0) is 23.3 Å². The Labute approximate surface area is 139 Å². The summed E-state index contributed by atoms with van der Waals surface area (Å²) < 4.78 is 9.78. The molecule has 0 heterocycles. The number of nitrogens with one attached hydrogen (secondary N) is 1. The van der Waals surface area contributed by atoms with Gasteiger partial charge in [0, 0.05) is 0 Å². The average Bonchev–Trinajstić information content (AvgIpc) is 2.59. The Kier molecular flexibility index (Phi) is 6.00. The number of hydrogen-bond acceptors (Lipinski definition) is 4. The third-order valence-electron chi connectivity index (χ3n) is 3.06. The molecular weight excluding hydrogens is 318 g/mol. The first-order valence-electron chi connectivity index (χ1n) is 6.91. The summed E-state index contributed by atoms with van der Waals surface area (Å²) in [6.07, 6.45) is 0. The van der Waals surface area contributed by atoms with E-state index in [2.05, 4.69) is 10.1 Å². The van der Waals surface area contributed by atoms with Crippen molar-refractivity contribution in [3.05, 3.63) is 53.6 Å². The van der Waals surface area contributed by atoms with Crippen LogP contribution in [0.2, 0.25) is 5.02 Å². The largest absolute Gasteiger partial charge is 0.482 e. The fourth-order valence-corrected chi connectivity index (χ4v) is 2.10. The minimum Gasteiger partial charge on any atom is -0.482 e. The molecular formula is C17H16ClNO4. The molecule has 5 nitrogen and oxygen atoms in total. The van der Waals surface area contributed by atoms with Crippen molar-refractivity contribution in [1.82, 2.24) is 5.32 Å². The van der Waals surface area contributed by atoms with Crippen LogP contribution in [-0.4, -0.2) is 32.1 Å². The van der Waals surface area contributed by atoms with Crippen molar-refractivity contribution in [1.29, 1.82) is 0 Å². The number of carbonyl (C=O) groups is 2. The van der Waals surface area contributed by atoms with Gasteiger partial charge in [0.1, 0.15) is 12.3 Å². The second-order valence-corrected chi connectivity index (χ2v) is 5.06. The molecule has 0 saturated heterocycles. The highest BCUT2D eigenvalue weighted by molar-refractivity contribution is 6.32. The number of benzene rings is 2. The zero-order chi connectivity index (χ0) is 16.7. The number of ether oxygens (including phenoxy) is 2. The number of amides is 1. The van der Waals surface area contributed by atoms with Crippen molar-refractivity contribution in [2.75, 3.05) is 20.3 Å². The third kappa shape index (κ3) is 5.00. The van der Waals surface area contributed by atoms with E-state index in [9.17, 15) is 9.59 Å². The van der Waals surface area contributed by atoms with Gasteiger partial charge in [-0.1, -0.05) is 48.0 Å². The predicted molar refractivity (Wildman–Crippen MR) is 87.4 cm³/mol. The lowest BCUT2D eigenvalue weighted by Crippen LogP contribution is -2.33. The normalized spacial score (nSPS) is 10.0. The molecule has 120 valence electrons. The maximum atomic E-state index is 11.5. The smallest absolute Gasteiger partial charge is 0.325 e. The molecule has 0 aliphatic carbocycles. The first-order chi connectivity index (χ1) is 11.1. The van der Waals surface area contributed by atoms with E-state index in [1.165, 1.54) is 7.11 Å². The molecule has 0 bridgehead atoms. The molecule has 0 spiro atoms. The highest BCUT2D eigenvalue weighted by Crippen LogP contribution is 2.30. The number of esters is 1. The maximum absolute atomic E-state index is 11.5. The molecule has 0 aliphatic rings. The monoisotopic (exact) mass is 333 g/mol. The van der Waals surface area contributed by atoms with Gasteiger partial charge in [0.05, 0.1) is 12.1 Å². The minimum atomic E-state index is -0.524. The van der Waals surface area contributed by atoms with Crippen LogP contribution in [0.15, 0.2) is 48.5 Å². The lowest BCUT2D eigenvalue weighted by Gasteiger charge is -2.10. The van der Waals surface area contributed by atoms with E-state index in [1.54, 1.807) is 12.1 Å². The Morgan fingerprint density at radius 2 is 1.83 bits per heavy atom. The van der Waals surface area contributed by atoms with E-state index in [0.29, 0.717) is 10.8 Å². The molecule has 0 radical (unpaired) electrons. The van der Waals surface area contributed by atoms with Crippen LogP contribution < -0.4 is 10.1 Å². The van der Waals surface area contributed by atoms with Crippen LogP contribution in [0.4, 0.5) is 0 Å². The van der Waals surface area contributed by atoms with Gasteiger partial charge in [-0.25, -0.2) is 0 Å². The van der Waals surface area contributed by atoms with Gasteiger partial charge in [-0.15, -0.1) is 0 Å². The summed E-state index contributed by atoms with van der Waals surface area (Å²) in [6.45, 7) is -0.430. The molecule has 0 aliphatic heterocycles. The Hall–Kier alpha value is -2.53. The molecule has 0 atom stereocenters. The summed E-state index contributed by atoms with van der Waals surface area (Å²) in [7, 11) is 1.25. The van der Waals surface area contributed by atoms with Crippen LogP contribution in [0, 0.1) is 0 Å². The average molecular weight is 334 g/mol. The number of hydrogen-bond donors (Lipinski definition) is 1. The maximum Gasteiger partial charge on any atom is 0.325 e. The van der Waals surface area contributed by atoms with Crippen molar-refractivity contribution in [2.45, 2.75) is 0 Å². The van der Waals surface area contributed by atoms with Crippen LogP contribution in [0.5, 0.6) is 5.75 Å².